The minimum absolute atomic E-state index is 0.194. The van der Waals surface area contributed by atoms with Crippen LogP contribution in [0.2, 0.25) is 0 Å². The van der Waals surface area contributed by atoms with E-state index in [-0.39, 0.29) is 17.2 Å². The number of hydrogen-bond donors (Lipinski definition) is 0. The van der Waals surface area contributed by atoms with Gasteiger partial charge in [0.2, 0.25) is 10.0 Å². The van der Waals surface area contributed by atoms with Gasteiger partial charge in [0, 0.05) is 12.1 Å². The van der Waals surface area contributed by atoms with Gasteiger partial charge in [-0.15, -0.1) is 0 Å². The lowest BCUT2D eigenvalue weighted by Crippen LogP contribution is -2.43. The molecule has 0 radical (unpaired) electrons. The first-order valence-electron chi connectivity index (χ1n) is 9.76. The first kappa shape index (κ1) is 20.3. The Morgan fingerprint density at radius 1 is 0.967 bits per heavy atom. The Bertz CT molecular complexity index is 1170. The molecule has 1 aliphatic heterocycles. The lowest BCUT2D eigenvalue weighted by atomic mass is 9.89. The molecule has 5 nitrogen and oxygen atoms in total. The highest BCUT2D eigenvalue weighted by molar-refractivity contribution is 7.89. The smallest absolute Gasteiger partial charge is 0.244 e. The van der Waals surface area contributed by atoms with E-state index in [2.05, 4.69) is 0 Å². The monoisotopic (exact) mass is 421 g/mol. The van der Waals surface area contributed by atoms with E-state index in [1.165, 1.54) is 4.31 Å². The molecule has 154 valence electrons. The van der Waals surface area contributed by atoms with E-state index in [0.29, 0.717) is 17.7 Å². The van der Waals surface area contributed by atoms with E-state index in [0.717, 1.165) is 16.7 Å². The summed E-state index contributed by atoms with van der Waals surface area (Å²) in [6.07, 6.45) is 0.563. The van der Waals surface area contributed by atoms with E-state index in [1.807, 2.05) is 31.2 Å². The predicted molar refractivity (Wildman–Crippen MR) is 115 cm³/mol. The van der Waals surface area contributed by atoms with Crippen molar-refractivity contribution < 1.29 is 17.9 Å². The molecule has 1 unspecified atom stereocenters. The third-order valence-electron chi connectivity index (χ3n) is 5.49. The molecular formula is C24H23NO4S. The van der Waals surface area contributed by atoms with Crippen LogP contribution in [0.1, 0.15) is 33.1 Å². The number of carbonyl (C=O) groups is 1. The summed E-state index contributed by atoms with van der Waals surface area (Å²) in [4.78, 5) is 13.8. The number of ether oxygens (including phenoxy) is 1. The van der Waals surface area contributed by atoms with Crippen LogP contribution in [0.15, 0.2) is 77.7 Å². The number of carbonyl (C=O) groups excluding carboxylic acids is 1. The van der Waals surface area contributed by atoms with E-state index >= 15 is 0 Å². The molecule has 0 aliphatic carbocycles. The van der Waals surface area contributed by atoms with Crippen LogP contribution in [-0.4, -0.2) is 32.2 Å². The van der Waals surface area contributed by atoms with Crippen LogP contribution in [-0.2, 0) is 16.4 Å². The van der Waals surface area contributed by atoms with Gasteiger partial charge < -0.3 is 4.74 Å². The number of fused-ring (bicyclic) bond motifs is 1. The maximum atomic E-state index is 13.6. The van der Waals surface area contributed by atoms with Crippen molar-refractivity contribution in [3.63, 3.8) is 0 Å². The fraction of sp³-hybridized carbons (Fsp3) is 0.208. The number of methoxy groups -OCH3 is 1. The van der Waals surface area contributed by atoms with Gasteiger partial charge in [0.25, 0.3) is 0 Å². The molecule has 6 heteroatoms. The third-order valence-corrected chi connectivity index (χ3v) is 7.37. The van der Waals surface area contributed by atoms with Gasteiger partial charge in [-0.05, 0) is 60.9 Å². The van der Waals surface area contributed by atoms with E-state index in [9.17, 15) is 13.2 Å². The summed E-state index contributed by atoms with van der Waals surface area (Å²) < 4.78 is 33.5. The van der Waals surface area contributed by atoms with Gasteiger partial charge in [0.05, 0.1) is 12.0 Å². The summed E-state index contributed by atoms with van der Waals surface area (Å²) in [6, 6.07) is 20.2. The zero-order chi connectivity index (χ0) is 21.3. The highest BCUT2D eigenvalue weighted by Crippen LogP contribution is 2.36. The molecule has 30 heavy (non-hydrogen) atoms. The molecule has 3 aromatic rings. The van der Waals surface area contributed by atoms with Crippen molar-refractivity contribution >= 4 is 15.8 Å². The molecule has 0 N–H and O–H groups in total. The predicted octanol–water partition coefficient (Wildman–Crippen LogP) is 4.17. The number of hydrogen-bond acceptors (Lipinski definition) is 4. The quantitative estimate of drug-likeness (QED) is 0.580. The summed E-state index contributed by atoms with van der Waals surface area (Å²) in [5.74, 6) is 0.389. The average Bonchev–Trinajstić information content (AvgIpc) is 2.78. The molecular weight excluding hydrogens is 398 g/mol. The van der Waals surface area contributed by atoms with Gasteiger partial charge in [0.1, 0.15) is 11.8 Å². The largest absolute Gasteiger partial charge is 0.497 e. The molecule has 3 aromatic carbocycles. The van der Waals surface area contributed by atoms with Crippen LogP contribution in [0.25, 0.3) is 0 Å². The van der Waals surface area contributed by atoms with Crippen molar-refractivity contribution in [3.8, 4) is 5.75 Å². The van der Waals surface area contributed by atoms with E-state index in [4.69, 9.17) is 4.74 Å². The van der Waals surface area contributed by atoms with Crippen LogP contribution in [0, 0.1) is 6.92 Å². The number of rotatable bonds is 5. The average molecular weight is 422 g/mol. The molecule has 0 bridgehead atoms. The molecule has 0 spiro atoms. The van der Waals surface area contributed by atoms with Crippen LogP contribution < -0.4 is 4.74 Å². The molecule has 0 saturated heterocycles. The maximum Gasteiger partial charge on any atom is 0.244 e. The molecule has 0 saturated carbocycles. The third kappa shape index (κ3) is 3.64. The molecule has 0 fully saturated rings. The van der Waals surface area contributed by atoms with Gasteiger partial charge in [0.15, 0.2) is 5.78 Å². The van der Waals surface area contributed by atoms with Crippen molar-refractivity contribution in [3.05, 3.63) is 95.1 Å². The van der Waals surface area contributed by atoms with Gasteiger partial charge >= 0.3 is 0 Å². The lowest BCUT2D eigenvalue weighted by molar-refractivity contribution is 0.0887. The molecule has 0 amide bonds. The maximum absolute atomic E-state index is 13.6. The summed E-state index contributed by atoms with van der Waals surface area (Å²) in [7, 11) is -2.29. The highest BCUT2D eigenvalue weighted by atomic mass is 32.2. The topological polar surface area (TPSA) is 63.7 Å². The van der Waals surface area contributed by atoms with Crippen molar-refractivity contribution in [2.24, 2.45) is 0 Å². The Hall–Kier alpha value is -2.96. The van der Waals surface area contributed by atoms with Crippen LogP contribution in [0.4, 0.5) is 0 Å². The Balaban J connectivity index is 1.81. The van der Waals surface area contributed by atoms with Gasteiger partial charge in [-0.1, -0.05) is 42.0 Å². The normalized spacial score (nSPS) is 16.7. The Morgan fingerprint density at radius 3 is 2.30 bits per heavy atom. The molecule has 1 aliphatic rings. The van der Waals surface area contributed by atoms with Gasteiger partial charge in [-0.3, -0.25) is 4.79 Å². The summed E-state index contributed by atoms with van der Waals surface area (Å²) in [5, 5.41) is 0. The highest BCUT2D eigenvalue weighted by Gasteiger charge is 2.40. The van der Waals surface area contributed by atoms with Crippen molar-refractivity contribution in [2.75, 3.05) is 13.7 Å². The lowest BCUT2D eigenvalue weighted by Gasteiger charge is -2.35. The van der Waals surface area contributed by atoms with Crippen molar-refractivity contribution in [2.45, 2.75) is 24.3 Å². The second-order valence-corrected chi connectivity index (χ2v) is 9.26. The Labute approximate surface area is 177 Å². The van der Waals surface area contributed by atoms with E-state index in [1.54, 1.807) is 55.6 Å². The molecule has 1 atom stereocenters. The zero-order valence-electron chi connectivity index (χ0n) is 16.9. The minimum atomic E-state index is -3.85. The van der Waals surface area contributed by atoms with Crippen LogP contribution in [0.3, 0.4) is 0 Å². The molecule has 1 heterocycles. The van der Waals surface area contributed by atoms with E-state index < -0.39 is 16.1 Å². The second kappa shape index (κ2) is 8.05. The number of aryl methyl sites for hydroxylation is 1. The summed E-state index contributed by atoms with van der Waals surface area (Å²) >= 11 is 0. The first-order chi connectivity index (χ1) is 14.4. The summed E-state index contributed by atoms with van der Waals surface area (Å²) in [5.41, 5.74) is 3.16. The number of benzene rings is 3. The van der Waals surface area contributed by atoms with Gasteiger partial charge in [-0.25, -0.2) is 8.42 Å². The van der Waals surface area contributed by atoms with Crippen LogP contribution in [0.5, 0.6) is 5.75 Å². The first-order valence-corrected chi connectivity index (χ1v) is 11.2. The zero-order valence-corrected chi connectivity index (χ0v) is 17.7. The number of sulfonamides is 1. The molecule has 4 rings (SSSR count). The standard InChI is InChI=1S/C24H23NO4S/c1-17-7-13-21(14-8-17)30(27,28)25-16-15-18-5-3-4-6-22(18)23(25)24(26)19-9-11-20(29-2)12-10-19/h3-14,23H,15-16H2,1-2H3. The summed E-state index contributed by atoms with van der Waals surface area (Å²) in [6.45, 7) is 2.16. The van der Waals surface area contributed by atoms with Crippen molar-refractivity contribution in [1.82, 2.24) is 4.31 Å². The Morgan fingerprint density at radius 2 is 1.63 bits per heavy atom. The number of Topliss-reactive ketones (excluding diaryl/α,β-unsaturated/α-hetero) is 1. The molecule has 0 aromatic heterocycles. The van der Waals surface area contributed by atoms with Gasteiger partial charge in [-0.2, -0.15) is 4.31 Å². The second-order valence-electron chi connectivity index (χ2n) is 7.37. The SMILES string of the molecule is COc1ccc(C(=O)C2c3ccccc3CCN2S(=O)(=O)c2ccc(C)cc2)cc1. The number of nitrogens with zero attached hydrogens (tertiary/aromatic N) is 1. The minimum Gasteiger partial charge on any atom is -0.497 e. The number of ketones is 1. The fourth-order valence-electron chi connectivity index (χ4n) is 3.83. The van der Waals surface area contributed by atoms with Crippen molar-refractivity contribution in [1.29, 1.82) is 0 Å². The van der Waals surface area contributed by atoms with Crippen LogP contribution >= 0.6 is 0 Å². The Kier molecular flexibility index (Phi) is 5.45. The fourth-order valence-corrected chi connectivity index (χ4v) is 5.40.